The molecule has 2 aliphatic rings. The lowest BCUT2D eigenvalue weighted by molar-refractivity contribution is -0.384. The Hall–Kier alpha value is -4.25. The van der Waals surface area contributed by atoms with E-state index in [1.807, 2.05) is 30.3 Å². The van der Waals surface area contributed by atoms with Crippen molar-refractivity contribution in [3.8, 4) is 0 Å². The Bertz CT molecular complexity index is 1360. The van der Waals surface area contributed by atoms with Crippen molar-refractivity contribution in [3.63, 3.8) is 0 Å². The number of non-ortho nitro benzene ring substituents is 1. The van der Waals surface area contributed by atoms with Gasteiger partial charge in [-0.15, -0.1) is 0 Å². The van der Waals surface area contributed by atoms with Crippen LogP contribution in [0.4, 0.5) is 11.4 Å². The van der Waals surface area contributed by atoms with E-state index in [1.54, 1.807) is 12.1 Å². The van der Waals surface area contributed by atoms with Crippen molar-refractivity contribution in [2.45, 2.75) is 24.4 Å². The summed E-state index contributed by atoms with van der Waals surface area (Å²) in [5.74, 6) is 1.01. The van der Waals surface area contributed by atoms with Crippen molar-refractivity contribution in [1.82, 2.24) is 4.90 Å². The normalized spacial score (nSPS) is 19.9. The Morgan fingerprint density at radius 1 is 0.794 bits per heavy atom. The summed E-state index contributed by atoms with van der Waals surface area (Å²) in [7, 11) is 0. The maximum atomic E-state index is 11.3. The molecule has 5 nitrogen and oxygen atoms in total. The molecule has 166 valence electrons. The molecular formula is C29H23N3O2. The van der Waals surface area contributed by atoms with E-state index in [1.165, 1.54) is 5.56 Å². The number of hydrogen-bond donors (Lipinski definition) is 0. The fourth-order valence-corrected chi connectivity index (χ4v) is 5.68. The molecule has 0 bridgehead atoms. The fourth-order valence-electron chi connectivity index (χ4n) is 5.68. The second-order valence-electron chi connectivity index (χ2n) is 8.87. The highest BCUT2D eigenvalue weighted by Crippen LogP contribution is 2.61. The molecule has 0 aromatic heterocycles. The zero-order valence-electron chi connectivity index (χ0n) is 18.7. The molecule has 0 amide bonds. The highest BCUT2D eigenvalue weighted by molar-refractivity contribution is 6.06. The minimum Gasteiger partial charge on any atom is -0.343 e. The van der Waals surface area contributed by atoms with Gasteiger partial charge in [-0.25, -0.2) is 4.99 Å². The van der Waals surface area contributed by atoms with Crippen molar-refractivity contribution < 1.29 is 4.92 Å². The van der Waals surface area contributed by atoms with E-state index in [0.717, 1.165) is 28.2 Å². The summed E-state index contributed by atoms with van der Waals surface area (Å²) in [6, 6.07) is 36.3. The van der Waals surface area contributed by atoms with Crippen LogP contribution < -0.4 is 0 Å². The third kappa shape index (κ3) is 2.76. The van der Waals surface area contributed by atoms with Gasteiger partial charge in [0.05, 0.1) is 22.7 Å². The van der Waals surface area contributed by atoms with Gasteiger partial charge in [0.2, 0.25) is 0 Å². The number of benzene rings is 4. The van der Waals surface area contributed by atoms with Gasteiger partial charge in [0.1, 0.15) is 11.3 Å². The van der Waals surface area contributed by atoms with E-state index >= 15 is 0 Å². The summed E-state index contributed by atoms with van der Waals surface area (Å²) < 4.78 is 0. The van der Waals surface area contributed by atoms with Crippen LogP contribution in [0.2, 0.25) is 0 Å². The predicted octanol–water partition coefficient (Wildman–Crippen LogP) is 6.74. The van der Waals surface area contributed by atoms with E-state index in [9.17, 15) is 10.1 Å². The monoisotopic (exact) mass is 445 g/mol. The lowest BCUT2D eigenvalue weighted by atomic mass is 9.58. The van der Waals surface area contributed by atoms with Crippen molar-refractivity contribution >= 4 is 17.2 Å². The molecule has 2 aliphatic heterocycles. The summed E-state index contributed by atoms with van der Waals surface area (Å²) >= 11 is 0. The van der Waals surface area contributed by atoms with Gasteiger partial charge in [0.25, 0.3) is 5.69 Å². The summed E-state index contributed by atoms with van der Waals surface area (Å²) in [4.78, 5) is 18.6. The van der Waals surface area contributed by atoms with Crippen LogP contribution in [-0.2, 0) is 5.41 Å². The van der Waals surface area contributed by atoms with Crippen LogP contribution in [0.1, 0.15) is 41.3 Å². The average Bonchev–Trinajstić information content (AvgIpc) is 2.88. The Morgan fingerprint density at radius 2 is 1.35 bits per heavy atom. The van der Waals surface area contributed by atoms with E-state index in [4.69, 9.17) is 4.99 Å². The van der Waals surface area contributed by atoms with E-state index in [-0.39, 0.29) is 22.7 Å². The predicted molar refractivity (Wildman–Crippen MR) is 133 cm³/mol. The first-order valence-electron chi connectivity index (χ1n) is 11.4. The third-order valence-corrected chi connectivity index (χ3v) is 7.19. The zero-order valence-corrected chi connectivity index (χ0v) is 18.7. The second kappa shape index (κ2) is 7.66. The number of para-hydroxylation sites is 1. The summed E-state index contributed by atoms with van der Waals surface area (Å²) in [6.45, 7) is 2.21. The molecule has 0 unspecified atom stereocenters. The highest BCUT2D eigenvalue weighted by atomic mass is 16.6. The first-order valence-corrected chi connectivity index (χ1v) is 11.4. The molecule has 0 aliphatic carbocycles. The highest BCUT2D eigenvalue weighted by Gasteiger charge is 2.63. The Balaban J connectivity index is 1.65. The molecule has 2 heterocycles. The molecular weight excluding hydrogens is 422 g/mol. The second-order valence-corrected chi connectivity index (χ2v) is 8.87. The molecule has 2 atom stereocenters. The Morgan fingerprint density at radius 3 is 1.94 bits per heavy atom. The lowest BCUT2D eigenvalue weighted by Crippen LogP contribution is -2.67. The van der Waals surface area contributed by atoms with Crippen LogP contribution in [0, 0.1) is 10.1 Å². The molecule has 4 aromatic rings. The number of hydrogen-bond acceptors (Lipinski definition) is 4. The topological polar surface area (TPSA) is 58.7 Å². The first kappa shape index (κ1) is 20.4. The number of nitro groups is 1. The van der Waals surface area contributed by atoms with Crippen LogP contribution in [0.5, 0.6) is 0 Å². The molecule has 1 fully saturated rings. The van der Waals surface area contributed by atoms with Crippen molar-refractivity contribution in [1.29, 1.82) is 0 Å². The van der Waals surface area contributed by atoms with Gasteiger partial charge in [-0.3, -0.25) is 10.1 Å². The summed E-state index contributed by atoms with van der Waals surface area (Å²) in [5.41, 5.74) is 5.12. The van der Waals surface area contributed by atoms with Crippen LogP contribution >= 0.6 is 0 Å². The number of fused-ring (bicyclic) bond motifs is 2. The molecule has 6 rings (SSSR count). The van der Waals surface area contributed by atoms with Crippen molar-refractivity contribution in [2.24, 2.45) is 4.99 Å². The molecule has 0 saturated carbocycles. The number of rotatable bonds is 4. The molecule has 5 heteroatoms. The Kier molecular flexibility index (Phi) is 4.59. The van der Waals surface area contributed by atoms with E-state index in [2.05, 4.69) is 78.6 Å². The maximum absolute atomic E-state index is 11.3. The van der Waals surface area contributed by atoms with Crippen LogP contribution in [0.3, 0.4) is 0 Å². The molecule has 0 N–H and O–H groups in total. The lowest BCUT2D eigenvalue weighted by Gasteiger charge is -2.63. The SMILES string of the molecule is C[C@H]1c2ccccc2N=C2N1[C@@H](c1ccc([N+](=O)[O-])cc1)C2(c1ccccc1)c1ccccc1. The van der Waals surface area contributed by atoms with Gasteiger partial charge in [-0.05, 0) is 29.7 Å². The van der Waals surface area contributed by atoms with Crippen molar-refractivity contribution in [2.75, 3.05) is 0 Å². The van der Waals surface area contributed by atoms with E-state index < -0.39 is 5.41 Å². The molecule has 4 aromatic carbocycles. The zero-order chi connectivity index (χ0) is 23.3. The van der Waals surface area contributed by atoms with Crippen LogP contribution in [0.25, 0.3) is 0 Å². The van der Waals surface area contributed by atoms with Crippen LogP contribution in [-0.4, -0.2) is 15.7 Å². The Labute approximate surface area is 198 Å². The fraction of sp³-hybridized carbons (Fsp3) is 0.138. The van der Waals surface area contributed by atoms with Gasteiger partial charge >= 0.3 is 0 Å². The van der Waals surface area contributed by atoms with Gasteiger partial charge in [-0.2, -0.15) is 0 Å². The van der Waals surface area contributed by atoms with Gasteiger partial charge < -0.3 is 4.90 Å². The minimum absolute atomic E-state index is 0.0692. The summed E-state index contributed by atoms with van der Waals surface area (Å²) in [5, 5.41) is 11.3. The van der Waals surface area contributed by atoms with Crippen LogP contribution in [0.15, 0.2) is 114 Å². The van der Waals surface area contributed by atoms with E-state index in [0.29, 0.717) is 0 Å². The number of nitro benzene ring substituents is 1. The van der Waals surface area contributed by atoms with Gasteiger partial charge in [0, 0.05) is 17.7 Å². The quantitative estimate of drug-likeness (QED) is 0.258. The molecule has 0 radical (unpaired) electrons. The molecule has 1 saturated heterocycles. The molecule has 0 spiro atoms. The summed E-state index contributed by atoms with van der Waals surface area (Å²) in [6.07, 6.45) is 0. The largest absolute Gasteiger partial charge is 0.343 e. The standard InChI is InChI=1S/C29H23N3O2/c1-20-25-14-8-9-15-26(25)30-28-29(22-10-4-2-5-11-22,23-12-6-3-7-13-23)27(31(20)28)21-16-18-24(19-17-21)32(33)34/h2-20,27H,1H3/t20-,27-/m0/s1. The maximum Gasteiger partial charge on any atom is 0.269 e. The number of nitrogens with zero attached hydrogens (tertiary/aromatic N) is 3. The van der Waals surface area contributed by atoms with Crippen molar-refractivity contribution in [3.05, 3.63) is 142 Å². The number of amidine groups is 1. The van der Waals surface area contributed by atoms with Gasteiger partial charge in [0.15, 0.2) is 0 Å². The minimum atomic E-state index is -0.513. The number of aliphatic imine (C=N–C) groups is 1. The third-order valence-electron chi connectivity index (χ3n) is 7.19. The molecule has 34 heavy (non-hydrogen) atoms. The van der Waals surface area contributed by atoms with Gasteiger partial charge in [-0.1, -0.05) is 91.0 Å². The first-order chi connectivity index (χ1) is 16.6. The smallest absolute Gasteiger partial charge is 0.269 e. The average molecular weight is 446 g/mol.